The first-order valence-corrected chi connectivity index (χ1v) is 6.24. The topological polar surface area (TPSA) is 104 Å². The summed E-state index contributed by atoms with van der Waals surface area (Å²) >= 11 is 0. The van der Waals surface area contributed by atoms with Gasteiger partial charge in [0.25, 0.3) is 5.91 Å². The average molecular weight is 267 g/mol. The highest BCUT2D eigenvalue weighted by Gasteiger charge is 2.19. The molecular formula is C12H21N5O2. The molecule has 1 aromatic rings. The van der Waals surface area contributed by atoms with E-state index in [0.29, 0.717) is 12.2 Å². The van der Waals surface area contributed by atoms with Crippen molar-refractivity contribution in [2.24, 2.45) is 0 Å². The summed E-state index contributed by atoms with van der Waals surface area (Å²) in [5, 5.41) is 9.15. The second kappa shape index (κ2) is 6.21. The molecule has 0 bridgehead atoms. The van der Waals surface area contributed by atoms with Gasteiger partial charge in [-0.1, -0.05) is 13.8 Å². The van der Waals surface area contributed by atoms with Crippen molar-refractivity contribution in [3.63, 3.8) is 0 Å². The van der Waals surface area contributed by atoms with E-state index < -0.39 is 5.91 Å². The molecule has 0 unspecified atom stereocenters. The molecule has 0 aliphatic carbocycles. The van der Waals surface area contributed by atoms with Crippen LogP contribution in [-0.4, -0.2) is 47.0 Å². The summed E-state index contributed by atoms with van der Waals surface area (Å²) in [6.07, 6.45) is 0. The van der Waals surface area contributed by atoms with Gasteiger partial charge in [-0.15, -0.1) is 0 Å². The molecule has 0 aromatic carbocycles. The number of likely N-dealkylation sites (N-methyl/N-ethyl adjacent to an activating group) is 1. The fourth-order valence-corrected chi connectivity index (χ4v) is 1.53. The highest BCUT2D eigenvalue weighted by atomic mass is 16.2. The molecule has 19 heavy (non-hydrogen) atoms. The lowest BCUT2D eigenvalue weighted by atomic mass is 10.1. The number of amides is 2. The van der Waals surface area contributed by atoms with Crippen LogP contribution >= 0.6 is 0 Å². The lowest BCUT2D eigenvalue weighted by Gasteiger charge is -2.14. The largest absolute Gasteiger partial charge is 0.395 e. The van der Waals surface area contributed by atoms with Crippen LogP contribution in [0.2, 0.25) is 0 Å². The third-order valence-corrected chi connectivity index (χ3v) is 2.93. The van der Waals surface area contributed by atoms with Gasteiger partial charge in [-0.25, -0.2) is 0 Å². The molecule has 1 rings (SSSR count). The van der Waals surface area contributed by atoms with Crippen LogP contribution in [0.15, 0.2) is 0 Å². The first kappa shape index (κ1) is 15.0. The maximum atomic E-state index is 11.9. The minimum absolute atomic E-state index is 0.0630. The highest BCUT2D eigenvalue weighted by molar-refractivity contribution is 5.99. The summed E-state index contributed by atoms with van der Waals surface area (Å²) in [7, 11) is 1.67. The lowest BCUT2D eigenvalue weighted by Crippen LogP contribution is -2.38. The second-order valence-corrected chi connectivity index (χ2v) is 4.64. The average Bonchev–Trinajstić information content (AvgIpc) is 2.76. The van der Waals surface area contributed by atoms with Gasteiger partial charge in [-0.2, -0.15) is 5.10 Å². The summed E-state index contributed by atoms with van der Waals surface area (Å²) in [5.74, 6) is -0.450. The van der Waals surface area contributed by atoms with Gasteiger partial charge in [-0.05, 0) is 12.8 Å². The van der Waals surface area contributed by atoms with Gasteiger partial charge >= 0.3 is 0 Å². The number of rotatable bonds is 5. The molecule has 0 aliphatic rings. The van der Waals surface area contributed by atoms with E-state index in [-0.39, 0.29) is 24.1 Å². The maximum Gasteiger partial charge on any atom is 0.274 e. The van der Waals surface area contributed by atoms with Gasteiger partial charge in [0.05, 0.1) is 17.9 Å². The maximum absolute atomic E-state index is 11.9. The summed E-state index contributed by atoms with van der Waals surface area (Å²) in [6, 6.07) is 0. The van der Waals surface area contributed by atoms with Crippen molar-refractivity contribution in [2.45, 2.75) is 26.7 Å². The Morgan fingerprint density at radius 2 is 2.11 bits per heavy atom. The van der Waals surface area contributed by atoms with Crippen molar-refractivity contribution in [1.82, 2.24) is 20.4 Å². The minimum atomic E-state index is -0.446. The standard InChI is InChI=1S/C12H21N5O2/c1-5-17(4)8(18)6-14-12(19)11-9(13)10(7(2)3)15-16-11/h7H,5-6,13H2,1-4H3,(H,14,19)(H,15,16). The predicted octanol–water partition coefficient (Wildman–Crippen LogP) is 0.323. The van der Waals surface area contributed by atoms with Crippen molar-refractivity contribution in [3.8, 4) is 0 Å². The summed E-state index contributed by atoms with van der Waals surface area (Å²) in [5.41, 5.74) is 7.04. The van der Waals surface area contributed by atoms with Crippen LogP contribution in [0, 0.1) is 0 Å². The molecule has 0 radical (unpaired) electrons. The summed E-state index contributed by atoms with van der Waals surface area (Å²) in [4.78, 5) is 25.0. The number of aromatic amines is 1. The highest BCUT2D eigenvalue weighted by Crippen LogP contribution is 2.21. The Labute approximate surface area is 112 Å². The van der Waals surface area contributed by atoms with Crippen molar-refractivity contribution in [2.75, 3.05) is 25.9 Å². The fraction of sp³-hybridized carbons (Fsp3) is 0.583. The molecule has 0 fully saturated rings. The van der Waals surface area contributed by atoms with Gasteiger partial charge in [0.15, 0.2) is 5.69 Å². The van der Waals surface area contributed by atoms with Crippen molar-refractivity contribution in [1.29, 1.82) is 0 Å². The first-order chi connectivity index (χ1) is 8.88. The molecule has 0 saturated carbocycles. The normalized spacial score (nSPS) is 10.6. The molecule has 0 spiro atoms. The number of carbonyl (C=O) groups excluding carboxylic acids is 2. The SMILES string of the molecule is CCN(C)C(=O)CNC(=O)c1n[nH]c(C(C)C)c1N. The minimum Gasteiger partial charge on any atom is -0.395 e. The quantitative estimate of drug-likeness (QED) is 0.714. The number of anilines is 1. The molecule has 2 amide bonds. The zero-order valence-electron chi connectivity index (χ0n) is 11.8. The van der Waals surface area contributed by atoms with Crippen molar-refractivity contribution >= 4 is 17.5 Å². The first-order valence-electron chi connectivity index (χ1n) is 6.24. The Kier molecular flexibility index (Phi) is 4.91. The van der Waals surface area contributed by atoms with Crippen LogP contribution in [0.1, 0.15) is 42.9 Å². The Bertz CT molecular complexity index is 467. The number of hydrogen-bond acceptors (Lipinski definition) is 4. The number of hydrogen-bond donors (Lipinski definition) is 3. The van der Waals surface area contributed by atoms with Gasteiger partial charge in [0, 0.05) is 13.6 Å². The lowest BCUT2D eigenvalue weighted by molar-refractivity contribution is -0.128. The van der Waals surface area contributed by atoms with Crippen LogP contribution in [0.3, 0.4) is 0 Å². The van der Waals surface area contributed by atoms with Crippen molar-refractivity contribution in [3.05, 3.63) is 11.4 Å². The number of nitrogens with zero attached hydrogens (tertiary/aromatic N) is 2. The fourth-order valence-electron chi connectivity index (χ4n) is 1.53. The van der Waals surface area contributed by atoms with E-state index in [2.05, 4.69) is 15.5 Å². The van der Waals surface area contributed by atoms with E-state index in [4.69, 9.17) is 5.73 Å². The third kappa shape index (κ3) is 3.46. The van der Waals surface area contributed by atoms with Crippen molar-refractivity contribution < 1.29 is 9.59 Å². The number of nitrogen functional groups attached to an aromatic ring is 1. The van der Waals surface area contributed by atoms with Gasteiger partial charge in [0.2, 0.25) is 5.91 Å². The molecule has 1 aromatic heterocycles. The van der Waals surface area contributed by atoms with Gasteiger partial charge < -0.3 is 16.0 Å². The van der Waals surface area contributed by atoms with Crippen LogP contribution in [-0.2, 0) is 4.79 Å². The number of aromatic nitrogens is 2. The number of nitrogens with one attached hydrogen (secondary N) is 2. The summed E-state index contributed by atoms with van der Waals surface area (Å²) in [6.45, 7) is 6.29. The zero-order valence-corrected chi connectivity index (χ0v) is 11.8. The Hall–Kier alpha value is -2.05. The molecule has 7 nitrogen and oxygen atoms in total. The molecule has 0 atom stereocenters. The molecular weight excluding hydrogens is 246 g/mol. The van der Waals surface area contributed by atoms with E-state index in [1.807, 2.05) is 20.8 Å². The second-order valence-electron chi connectivity index (χ2n) is 4.64. The molecule has 0 saturated heterocycles. The molecule has 106 valence electrons. The Morgan fingerprint density at radius 3 is 2.58 bits per heavy atom. The van der Waals surface area contributed by atoms with E-state index in [1.165, 1.54) is 4.90 Å². The van der Waals surface area contributed by atoms with Crippen LogP contribution in [0.5, 0.6) is 0 Å². The molecule has 4 N–H and O–H groups in total. The molecule has 1 heterocycles. The van der Waals surface area contributed by atoms with Crippen LogP contribution in [0.4, 0.5) is 5.69 Å². The predicted molar refractivity (Wildman–Crippen MR) is 72.7 cm³/mol. The monoisotopic (exact) mass is 267 g/mol. The van der Waals surface area contributed by atoms with E-state index in [9.17, 15) is 9.59 Å². The smallest absolute Gasteiger partial charge is 0.274 e. The van der Waals surface area contributed by atoms with E-state index in [1.54, 1.807) is 7.05 Å². The van der Waals surface area contributed by atoms with Crippen LogP contribution in [0.25, 0.3) is 0 Å². The van der Waals surface area contributed by atoms with Crippen LogP contribution < -0.4 is 11.1 Å². The van der Waals surface area contributed by atoms with Gasteiger partial charge in [0.1, 0.15) is 0 Å². The molecule has 7 heteroatoms. The third-order valence-electron chi connectivity index (χ3n) is 2.93. The number of carbonyl (C=O) groups is 2. The molecule has 0 aliphatic heterocycles. The summed E-state index contributed by atoms with van der Waals surface area (Å²) < 4.78 is 0. The Balaban J connectivity index is 2.67. The van der Waals surface area contributed by atoms with Gasteiger partial charge in [-0.3, -0.25) is 14.7 Å². The zero-order chi connectivity index (χ0) is 14.6. The van der Waals surface area contributed by atoms with E-state index in [0.717, 1.165) is 5.69 Å². The van der Waals surface area contributed by atoms with E-state index >= 15 is 0 Å². The number of nitrogens with two attached hydrogens (primary N) is 1. The Morgan fingerprint density at radius 1 is 1.47 bits per heavy atom. The number of H-pyrrole nitrogens is 1.